The Kier molecular flexibility index (Phi) is 75.4. The van der Waals surface area contributed by atoms with Crippen LogP contribution in [0.25, 0.3) is 0 Å². The molecule has 4 amide bonds. The van der Waals surface area contributed by atoms with Gasteiger partial charge in [0.15, 0.2) is 57.5 Å². The number of phenolic OH excluding ortho intramolecular Hbond substituents is 6. The molecule has 0 saturated heterocycles. The first-order valence-corrected chi connectivity index (χ1v) is 45.0. The summed E-state index contributed by atoms with van der Waals surface area (Å²) in [5.41, 5.74) is -0.509. The van der Waals surface area contributed by atoms with Crippen LogP contribution in [-0.2, 0) is 130 Å². The predicted molar refractivity (Wildman–Crippen MR) is 490 cm³/mol. The Balaban J connectivity index is 0.0000163. The quantitative estimate of drug-likeness (QED) is 0.0120. The van der Waals surface area contributed by atoms with Crippen LogP contribution in [0, 0.1) is 5.41 Å². The SMILES string of the molecule is COCCOCCOCCOc1cc(COc2cc(CNC(=O)C(CCCNC(=O)c3cccc(O)c3O)(CCCNC(=O)c3cccc(O)c3O)CCCNC(=O)c3cccc(O)c3O)cc(OCc3cc(OCCOCCOCCOC)c(OCCOCCOCCOC)c(OCCOCCOCCOC)c3)c2)cc(OCCOCCOCCOC)c1OCCOCCOCCOC.[Na+].[Na+].[Na+].[Tc]. The summed E-state index contributed by atoms with van der Waals surface area (Å²) in [5, 5.41) is 74.5. The van der Waals surface area contributed by atoms with Crippen molar-refractivity contribution in [3.63, 3.8) is 0 Å². The van der Waals surface area contributed by atoms with Crippen molar-refractivity contribution >= 4 is 23.6 Å². The van der Waals surface area contributed by atoms with Crippen LogP contribution < -0.4 is 148 Å². The molecule has 0 unspecified atom stereocenters. The first-order valence-electron chi connectivity index (χ1n) is 45.0. The summed E-state index contributed by atoms with van der Waals surface area (Å²) in [6.45, 7) is 9.08. The fraction of sp³-hybridized carbons (Fsp3) is 0.579. The van der Waals surface area contributed by atoms with Gasteiger partial charge in [-0.25, -0.2) is 0 Å². The van der Waals surface area contributed by atoms with Gasteiger partial charge in [-0.2, -0.15) is 0 Å². The number of ether oxygens (including phenoxy) is 26. The van der Waals surface area contributed by atoms with E-state index < -0.39 is 63.5 Å². The fourth-order valence-corrected chi connectivity index (χ4v) is 12.8. The van der Waals surface area contributed by atoms with Gasteiger partial charge in [0.2, 0.25) is 17.4 Å². The van der Waals surface area contributed by atoms with Crippen molar-refractivity contribution in [1.82, 2.24) is 21.3 Å². The normalized spacial score (nSPS) is 11.0. The molecule has 0 bridgehead atoms. The third-order valence-electron chi connectivity index (χ3n) is 19.7. The Morgan fingerprint density at radius 1 is 0.273 bits per heavy atom. The van der Waals surface area contributed by atoms with E-state index in [-0.39, 0.29) is 368 Å². The number of methoxy groups -OCH3 is 6. The molecule has 1 radical (unpaired) electrons. The minimum absolute atomic E-state index is 0. The number of carbonyl (C=O) groups is 4. The third-order valence-corrected chi connectivity index (χ3v) is 19.7. The Hall–Kier alpha value is -6.67. The standard InChI is InChI=1S/C95H140N4O36.3Na.Tc/c1-110-25-31-116-37-43-122-49-55-128-82-63-72(64-83(129-56-50-123-44-38-117-32-26-111-2)89(82)132-59-53-126-47-41-120-35-29-114-5)69-134-74-61-71(62-75(67-74)135-70-73-65-84(130-57-51-124-45-39-118-33-27-112-3)90(133-60-54-127-48-42-121-36-30-115-6)85(66-73)131-58-52-125-46-40-119-34-28-113-4)68-99-94(109)95(19-10-22-96-91(106)76-13-7-16-79(100)86(76)103,20-11-23-97-92(107)77-14-8-17-80(101)87(77)104)21-12-24-98-93(108)78-15-9-18-81(102)88(78)105;;;;/h7-9,13-18,61-67,100-105H,10-12,19-60,68-70H2,1-6H3,(H,96,106)(H,97,107)(H,98,108)(H,99,109);;;;/q;3*+1;. The molecule has 0 heterocycles. The molecule has 0 spiro atoms. The monoisotopic (exact) mass is 2080 g/mol. The summed E-state index contributed by atoms with van der Waals surface area (Å²) in [7, 11) is 9.54. The van der Waals surface area contributed by atoms with Crippen molar-refractivity contribution in [2.24, 2.45) is 5.41 Å². The molecule has 0 aliphatic rings. The van der Waals surface area contributed by atoms with Gasteiger partial charge in [0.1, 0.15) is 64.4 Å². The van der Waals surface area contributed by atoms with E-state index in [4.69, 9.17) is 123 Å². The molecular formula is C95H140N4Na3O36Tc+3. The molecule has 0 aliphatic heterocycles. The molecule has 10 N–H and O–H groups in total. The van der Waals surface area contributed by atoms with Gasteiger partial charge in [-0.3, -0.25) is 19.2 Å². The molecule has 44 heteroatoms. The Morgan fingerprint density at radius 2 is 0.504 bits per heavy atom. The van der Waals surface area contributed by atoms with E-state index >= 15 is 4.79 Å². The summed E-state index contributed by atoms with van der Waals surface area (Å²) < 4.78 is 152. The maximum absolute atomic E-state index is 15.9. The van der Waals surface area contributed by atoms with Crippen LogP contribution in [0.4, 0.5) is 0 Å². The Bertz CT molecular complexity index is 3860. The van der Waals surface area contributed by atoms with Crippen molar-refractivity contribution in [2.45, 2.75) is 58.3 Å². The largest absolute Gasteiger partial charge is 1.00 e. The molecule has 40 nitrogen and oxygen atoms in total. The second-order valence-corrected chi connectivity index (χ2v) is 29.7. The van der Waals surface area contributed by atoms with Crippen molar-refractivity contribution < 1.29 is 282 Å². The van der Waals surface area contributed by atoms with Crippen LogP contribution in [0.15, 0.2) is 97.1 Å². The minimum atomic E-state index is -1.41. The van der Waals surface area contributed by atoms with Crippen molar-refractivity contribution in [2.75, 3.05) is 300 Å². The summed E-state index contributed by atoms with van der Waals surface area (Å²) in [5.74, 6) is -4.09. The number of aromatic hydroxyl groups is 6. The Labute approximate surface area is 894 Å². The number of hydrogen-bond donors (Lipinski definition) is 10. The van der Waals surface area contributed by atoms with Gasteiger partial charge in [0.25, 0.3) is 17.7 Å². The first kappa shape index (κ1) is 128. The fourth-order valence-electron chi connectivity index (χ4n) is 12.8. The average molecular weight is 2080 g/mol. The maximum Gasteiger partial charge on any atom is 1.00 e. The van der Waals surface area contributed by atoms with Gasteiger partial charge < -0.3 is 175 Å². The van der Waals surface area contributed by atoms with Crippen LogP contribution in [0.5, 0.6) is 80.5 Å². The molecule has 6 aromatic rings. The number of benzene rings is 6. The summed E-state index contributed by atoms with van der Waals surface area (Å²) in [6, 6.07) is 23.9. The molecule has 139 heavy (non-hydrogen) atoms. The molecule has 763 valence electrons. The van der Waals surface area contributed by atoms with E-state index in [0.29, 0.717) is 136 Å². The predicted octanol–water partition coefficient (Wildman–Crippen LogP) is -1.33. The second-order valence-electron chi connectivity index (χ2n) is 29.7. The zero-order chi connectivity index (χ0) is 96.8. The van der Waals surface area contributed by atoms with E-state index in [1.807, 2.05) is 0 Å². The topological polar surface area (TPSA) is 478 Å². The van der Waals surface area contributed by atoms with E-state index in [1.165, 1.54) is 54.6 Å². The van der Waals surface area contributed by atoms with Crippen molar-refractivity contribution in [3.05, 3.63) is 130 Å². The Morgan fingerprint density at radius 3 is 0.748 bits per heavy atom. The van der Waals surface area contributed by atoms with Gasteiger partial charge in [-0.1, -0.05) is 18.2 Å². The van der Waals surface area contributed by atoms with Gasteiger partial charge >= 0.3 is 88.7 Å². The van der Waals surface area contributed by atoms with Gasteiger partial charge in [-0.15, -0.1) is 0 Å². The zero-order valence-corrected chi connectivity index (χ0v) is 89.8. The van der Waals surface area contributed by atoms with Crippen LogP contribution in [0.1, 0.15) is 86.3 Å². The first-order chi connectivity index (χ1) is 66.0. The minimum Gasteiger partial charge on any atom is -0.504 e. The summed E-state index contributed by atoms with van der Waals surface area (Å²) in [6.07, 6.45) is 0.533. The van der Waals surface area contributed by atoms with Gasteiger partial charge in [0.05, 0.1) is 215 Å². The molecule has 0 aromatic heterocycles. The zero-order valence-electron chi connectivity index (χ0n) is 82.0. The van der Waals surface area contributed by atoms with E-state index in [2.05, 4.69) is 21.3 Å². The van der Waals surface area contributed by atoms with Crippen LogP contribution >= 0.6 is 0 Å². The molecule has 0 saturated carbocycles. The van der Waals surface area contributed by atoms with Crippen molar-refractivity contribution in [3.8, 4) is 80.5 Å². The third kappa shape index (κ3) is 53.7. The molecule has 6 aromatic carbocycles. The van der Waals surface area contributed by atoms with E-state index in [9.17, 15) is 45.0 Å². The van der Waals surface area contributed by atoms with Crippen LogP contribution in [-0.4, -0.2) is 354 Å². The van der Waals surface area contributed by atoms with Crippen LogP contribution in [0.2, 0.25) is 0 Å². The average Bonchev–Trinajstić information content (AvgIpc) is 0.815. The molecule has 0 atom stereocenters. The van der Waals surface area contributed by atoms with Gasteiger partial charge in [0, 0.05) is 100 Å². The smallest absolute Gasteiger partial charge is 0.504 e. The second kappa shape index (κ2) is 81.6. The summed E-state index contributed by atoms with van der Waals surface area (Å²) >= 11 is 0. The molecule has 0 aliphatic carbocycles. The van der Waals surface area contributed by atoms with Gasteiger partial charge in [-0.05, 0) is 128 Å². The molecule has 0 fully saturated rings. The van der Waals surface area contributed by atoms with E-state index in [0.717, 1.165) is 0 Å². The maximum atomic E-state index is 15.9. The molecular weight excluding hydrogens is 1940 g/mol. The van der Waals surface area contributed by atoms with E-state index in [1.54, 1.807) is 85.1 Å². The number of amides is 4. The number of rotatable bonds is 84. The molecule has 6 rings (SSSR count). The van der Waals surface area contributed by atoms with Crippen LogP contribution in [0.3, 0.4) is 0 Å². The van der Waals surface area contributed by atoms with Crippen molar-refractivity contribution in [1.29, 1.82) is 0 Å². The number of para-hydroxylation sites is 3. The number of carbonyl (C=O) groups excluding carboxylic acids is 4. The number of hydrogen-bond acceptors (Lipinski definition) is 36. The number of phenols is 6. The summed E-state index contributed by atoms with van der Waals surface area (Å²) in [4.78, 5) is 56.9. The number of nitrogens with one attached hydrogen (secondary N) is 4.